The molecule has 0 spiro atoms. The first-order chi connectivity index (χ1) is 13.3. The molecule has 1 aliphatic carbocycles. The van der Waals surface area contributed by atoms with Crippen molar-refractivity contribution in [2.24, 2.45) is 0 Å². The Morgan fingerprint density at radius 1 is 0.926 bits per heavy atom. The first-order valence-corrected chi connectivity index (χ1v) is 9.47. The van der Waals surface area contributed by atoms with Gasteiger partial charge in [-0.2, -0.15) is 5.10 Å². The summed E-state index contributed by atoms with van der Waals surface area (Å²) in [6.45, 7) is 2.75. The first kappa shape index (κ1) is 16.2. The number of piperazine rings is 1. The molecule has 1 saturated heterocycles. The fourth-order valence-electron chi connectivity index (χ4n) is 4.05. The van der Waals surface area contributed by atoms with Crippen LogP contribution in [0, 0.1) is 0 Å². The zero-order valence-electron chi connectivity index (χ0n) is 15.1. The highest BCUT2D eigenvalue weighted by atomic mass is 16.2. The minimum atomic E-state index is -0.108. The second-order valence-electron chi connectivity index (χ2n) is 7.03. The summed E-state index contributed by atoms with van der Waals surface area (Å²) in [5.74, 6) is 1.13. The van der Waals surface area contributed by atoms with Crippen LogP contribution < -0.4 is 4.90 Å². The first-order valence-electron chi connectivity index (χ1n) is 9.47. The van der Waals surface area contributed by atoms with Gasteiger partial charge in [0.05, 0.1) is 5.69 Å². The van der Waals surface area contributed by atoms with Gasteiger partial charge in [0.25, 0.3) is 5.91 Å². The number of hydrogen-bond donors (Lipinski definition) is 0. The standard InChI is InChI=1S/C19H21N7O/c27-19(17-20-6-3-7-21-17)25-12-10-24(11-13-25)18-16-14-4-1-2-5-15(14)23-26(16)9-8-22-18/h3,6-9H,1-2,4-5,10-13H2. The van der Waals surface area contributed by atoms with Gasteiger partial charge in [-0.05, 0) is 31.7 Å². The van der Waals surface area contributed by atoms with E-state index in [0.29, 0.717) is 13.1 Å². The van der Waals surface area contributed by atoms with Gasteiger partial charge in [-0.1, -0.05) is 0 Å². The molecule has 0 unspecified atom stereocenters. The number of aromatic nitrogens is 5. The Morgan fingerprint density at radius 3 is 2.52 bits per heavy atom. The summed E-state index contributed by atoms with van der Waals surface area (Å²) in [6.07, 6.45) is 11.5. The number of anilines is 1. The molecule has 3 aromatic heterocycles. The molecule has 27 heavy (non-hydrogen) atoms. The van der Waals surface area contributed by atoms with E-state index in [1.807, 2.05) is 21.8 Å². The van der Waals surface area contributed by atoms with Gasteiger partial charge in [0.15, 0.2) is 5.82 Å². The van der Waals surface area contributed by atoms with E-state index in [9.17, 15) is 4.79 Å². The lowest BCUT2D eigenvalue weighted by Crippen LogP contribution is -2.49. The lowest BCUT2D eigenvalue weighted by atomic mass is 9.97. The Kier molecular flexibility index (Phi) is 3.95. The van der Waals surface area contributed by atoms with E-state index < -0.39 is 0 Å². The van der Waals surface area contributed by atoms with Gasteiger partial charge in [0, 0.05) is 56.5 Å². The minimum Gasteiger partial charge on any atom is -0.351 e. The predicted octanol–water partition coefficient (Wildman–Crippen LogP) is 1.36. The molecule has 0 N–H and O–H groups in total. The van der Waals surface area contributed by atoms with Crippen LogP contribution in [-0.4, -0.2) is 61.6 Å². The fourth-order valence-corrected chi connectivity index (χ4v) is 4.05. The quantitative estimate of drug-likeness (QED) is 0.684. The number of nitrogens with zero attached hydrogens (tertiary/aromatic N) is 7. The average Bonchev–Trinajstić information content (AvgIpc) is 3.13. The summed E-state index contributed by atoms with van der Waals surface area (Å²) in [6, 6.07) is 1.72. The van der Waals surface area contributed by atoms with Crippen molar-refractivity contribution in [1.82, 2.24) is 29.5 Å². The highest BCUT2D eigenvalue weighted by Gasteiger charge is 2.27. The maximum Gasteiger partial charge on any atom is 0.291 e. The van der Waals surface area contributed by atoms with E-state index in [1.54, 1.807) is 18.5 Å². The van der Waals surface area contributed by atoms with E-state index in [2.05, 4.69) is 19.9 Å². The van der Waals surface area contributed by atoms with Gasteiger partial charge < -0.3 is 9.80 Å². The summed E-state index contributed by atoms with van der Waals surface area (Å²) in [5.41, 5.74) is 3.70. The van der Waals surface area contributed by atoms with Crippen LogP contribution in [0.5, 0.6) is 0 Å². The molecule has 1 amide bonds. The number of aryl methyl sites for hydroxylation is 2. The van der Waals surface area contributed by atoms with Crippen LogP contribution in [0.4, 0.5) is 5.82 Å². The average molecular weight is 363 g/mol. The van der Waals surface area contributed by atoms with E-state index in [0.717, 1.165) is 37.3 Å². The zero-order valence-corrected chi connectivity index (χ0v) is 15.1. The lowest BCUT2D eigenvalue weighted by Gasteiger charge is -2.35. The summed E-state index contributed by atoms with van der Waals surface area (Å²) < 4.78 is 1.98. The van der Waals surface area contributed by atoms with Gasteiger partial charge in [0.1, 0.15) is 5.52 Å². The Hall–Kier alpha value is -3.03. The van der Waals surface area contributed by atoms with Crippen LogP contribution in [0.2, 0.25) is 0 Å². The molecular formula is C19H21N7O. The largest absolute Gasteiger partial charge is 0.351 e. The number of amides is 1. The number of hydrogen-bond acceptors (Lipinski definition) is 6. The Balaban J connectivity index is 1.38. The number of carbonyl (C=O) groups excluding carboxylic acids is 1. The summed E-state index contributed by atoms with van der Waals surface area (Å²) >= 11 is 0. The Morgan fingerprint density at radius 2 is 1.70 bits per heavy atom. The van der Waals surface area contributed by atoms with E-state index in [-0.39, 0.29) is 11.7 Å². The maximum absolute atomic E-state index is 12.6. The number of fused-ring (bicyclic) bond motifs is 3. The molecule has 0 atom stereocenters. The maximum atomic E-state index is 12.6. The molecule has 8 heteroatoms. The molecular weight excluding hydrogens is 342 g/mol. The molecule has 1 aliphatic heterocycles. The topological polar surface area (TPSA) is 79.5 Å². The summed E-state index contributed by atoms with van der Waals surface area (Å²) in [5, 5.41) is 4.76. The van der Waals surface area contributed by atoms with Crippen molar-refractivity contribution in [3.05, 3.63) is 47.9 Å². The predicted molar refractivity (Wildman–Crippen MR) is 99.8 cm³/mol. The third-order valence-electron chi connectivity index (χ3n) is 5.42. The summed E-state index contributed by atoms with van der Waals surface area (Å²) in [4.78, 5) is 29.5. The van der Waals surface area contributed by atoms with Crippen LogP contribution in [0.1, 0.15) is 34.7 Å². The molecule has 2 aliphatic rings. The third-order valence-corrected chi connectivity index (χ3v) is 5.42. The zero-order chi connectivity index (χ0) is 18.2. The van der Waals surface area contributed by atoms with Crippen LogP contribution in [0.3, 0.4) is 0 Å². The van der Waals surface area contributed by atoms with Gasteiger partial charge in [-0.25, -0.2) is 19.5 Å². The van der Waals surface area contributed by atoms with Crippen molar-refractivity contribution in [1.29, 1.82) is 0 Å². The van der Waals surface area contributed by atoms with E-state index in [4.69, 9.17) is 5.10 Å². The molecule has 5 rings (SSSR count). The second-order valence-corrected chi connectivity index (χ2v) is 7.03. The second kappa shape index (κ2) is 6.61. The van der Waals surface area contributed by atoms with Gasteiger partial charge in [-0.15, -0.1) is 0 Å². The number of rotatable bonds is 2. The van der Waals surface area contributed by atoms with Crippen LogP contribution >= 0.6 is 0 Å². The summed E-state index contributed by atoms with van der Waals surface area (Å²) in [7, 11) is 0. The Labute approximate surface area is 156 Å². The van der Waals surface area contributed by atoms with Crippen molar-refractivity contribution >= 4 is 17.2 Å². The van der Waals surface area contributed by atoms with E-state index >= 15 is 0 Å². The SMILES string of the molecule is O=C(c1ncccn1)N1CCN(c2nccn3nc4c(c23)CCCC4)CC1. The molecule has 138 valence electrons. The van der Waals surface area contributed by atoms with Gasteiger partial charge >= 0.3 is 0 Å². The van der Waals surface area contributed by atoms with E-state index in [1.165, 1.54) is 24.1 Å². The van der Waals surface area contributed by atoms with Crippen molar-refractivity contribution in [2.45, 2.75) is 25.7 Å². The molecule has 1 fully saturated rings. The van der Waals surface area contributed by atoms with Crippen molar-refractivity contribution in [3.8, 4) is 0 Å². The van der Waals surface area contributed by atoms with Crippen molar-refractivity contribution in [2.75, 3.05) is 31.1 Å². The molecule has 3 aromatic rings. The highest BCUT2D eigenvalue weighted by molar-refractivity contribution is 5.90. The molecule has 8 nitrogen and oxygen atoms in total. The van der Waals surface area contributed by atoms with Crippen LogP contribution in [0.25, 0.3) is 5.52 Å². The van der Waals surface area contributed by atoms with Gasteiger partial charge in [0.2, 0.25) is 5.82 Å². The molecule has 0 radical (unpaired) electrons. The molecule has 0 bridgehead atoms. The molecule has 0 saturated carbocycles. The monoisotopic (exact) mass is 363 g/mol. The number of carbonyl (C=O) groups is 1. The lowest BCUT2D eigenvalue weighted by molar-refractivity contribution is 0.0734. The third kappa shape index (κ3) is 2.81. The van der Waals surface area contributed by atoms with Crippen molar-refractivity contribution in [3.63, 3.8) is 0 Å². The molecule has 0 aromatic carbocycles. The molecule has 4 heterocycles. The normalized spacial score (nSPS) is 17.2. The Bertz CT molecular complexity index is 976. The van der Waals surface area contributed by atoms with Crippen LogP contribution in [-0.2, 0) is 12.8 Å². The van der Waals surface area contributed by atoms with Crippen molar-refractivity contribution < 1.29 is 4.79 Å². The minimum absolute atomic E-state index is 0.108. The van der Waals surface area contributed by atoms with Gasteiger partial charge in [-0.3, -0.25) is 4.79 Å². The van der Waals surface area contributed by atoms with Crippen LogP contribution in [0.15, 0.2) is 30.9 Å². The fraction of sp³-hybridized carbons (Fsp3) is 0.421. The highest BCUT2D eigenvalue weighted by Crippen LogP contribution is 2.30. The smallest absolute Gasteiger partial charge is 0.291 e.